The number of carbonyl (C=O) groups excluding carboxylic acids is 1. The van der Waals surface area contributed by atoms with Gasteiger partial charge in [-0.1, -0.05) is 50.6 Å². The summed E-state index contributed by atoms with van der Waals surface area (Å²) in [4.78, 5) is 14.6. The summed E-state index contributed by atoms with van der Waals surface area (Å²) in [7, 11) is 0. The second-order valence-electron chi connectivity index (χ2n) is 6.05. The van der Waals surface area contributed by atoms with Gasteiger partial charge in [-0.3, -0.25) is 9.69 Å². The fourth-order valence-corrected chi connectivity index (χ4v) is 4.34. The van der Waals surface area contributed by atoms with E-state index in [2.05, 4.69) is 30.5 Å². The number of thioether (sulfide) groups is 1. The van der Waals surface area contributed by atoms with Gasteiger partial charge in [0.05, 0.1) is 6.54 Å². The lowest BCUT2D eigenvalue weighted by atomic mass is 9.99. The summed E-state index contributed by atoms with van der Waals surface area (Å²) >= 11 is 2.14. The molecule has 1 saturated heterocycles. The molecule has 1 aromatic rings. The van der Waals surface area contributed by atoms with E-state index in [1.165, 1.54) is 25.0 Å². The van der Waals surface area contributed by atoms with Crippen molar-refractivity contribution in [3.05, 3.63) is 35.9 Å². The van der Waals surface area contributed by atoms with Crippen molar-refractivity contribution in [3.8, 4) is 0 Å². The number of carbonyl (C=O) groups is 1. The number of hydrogen-bond acceptors (Lipinski definition) is 3. The molecule has 0 aromatic heterocycles. The Kier molecular flexibility index (Phi) is 6.78. The first-order valence-electron chi connectivity index (χ1n) is 8.13. The fraction of sp³-hybridized carbons (Fsp3) is 0.611. The fourth-order valence-electron chi connectivity index (χ4n) is 2.90. The molecule has 21 heavy (non-hydrogen) atoms. The second kappa shape index (κ2) is 8.60. The van der Waals surface area contributed by atoms with Crippen LogP contribution in [0.5, 0.6) is 0 Å². The highest BCUT2D eigenvalue weighted by molar-refractivity contribution is 7.99. The Hall–Kier alpha value is -0.800. The zero-order valence-electron chi connectivity index (χ0n) is 13.3. The summed E-state index contributed by atoms with van der Waals surface area (Å²) in [5.74, 6) is 2.22. The Morgan fingerprint density at radius 2 is 2.10 bits per heavy atom. The predicted octanol–water partition coefficient (Wildman–Crippen LogP) is 4.11. The van der Waals surface area contributed by atoms with Crippen LogP contribution in [0.15, 0.2) is 30.3 Å². The SMILES string of the molecule is CCCCSC1CCN(CC(=O)c2ccccc2)CC1C. The van der Waals surface area contributed by atoms with Crippen molar-refractivity contribution >= 4 is 17.5 Å². The van der Waals surface area contributed by atoms with Crippen molar-refractivity contribution in [3.63, 3.8) is 0 Å². The van der Waals surface area contributed by atoms with Gasteiger partial charge in [-0.05, 0) is 31.1 Å². The molecule has 1 heterocycles. The van der Waals surface area contributed by atoms with Crippen molar-refractivity contribution in [1.29, 1.82) is 0 Å². The van der Waals surface area contributed by atoms with Crippen LogP contribution in [0, 0.1) is 5.92 Å². The van der Waals surface area contributed by atoms with Gasteiger partial charge in [0, 0.05) is 17.4 Å². The van der Waals surface area contributed by atoms with Crippen LogP contribution in [-0.4, -0.2) is 41.3 Å². The third-order valence-electron chi connectivity index (χ3n) is 4.20. The monoisotopic (exact) mass is 305 g/mol. The molecule has 0 saturated carbocycles. The molecule has 1 aromatic carbocycles. The quantitative estimate of drug-likeness (QED) is 0.558. The van der Waals surface area contributed by atoms with E-state index >= 15 is 0 Å². The molecule has 1 aliphatic rings. The predicted molar refractivity (Wildman–Crippen MR) is 92.1 cm³/mol. The van der Waals surface area contributed by atoms with Crippen LogP contribution >= 0.6 is 11.8 Å². The Bertz CT molecular complexity index is 434. The van der Waals surface area contributed by atoms with Crippen LogP contribution in [0.3, 0.4) is 0 Å². The van der Waals surface area contributed by atoms with Gasteiger partial charge in [-0.15, -0.1) is 0 Å². The van der Waals surface area contributed by atoms with Crippen LogP contribution in [0.1, 0.15) is 43.5 Å². The molecule has 0 aliphatic carbocycles. The third kappa shape index (κ3) is 5.15. The van der Waals surface area contributed by atoms with E-state index in [0.717, 1.165) is 23.9 Å². The molecule has 2 atom stereocenters. The maximum atomic E-state index is 12.3. The van der Waals surface area contributed by atoms with E-state index in [4.69, 9.17) is 0 Å². The molecule has 0 spiro atoms. The Morgan fingerprint density at radius 3 is 2.76 bits per heavy atom. The number of piperidine rings is 1. The number of hydrogen-bond donors (Lipinski definition) is 0. The summed E-state index contributed by atoms with van der Waals surface area (Å²) in [5, 5.41) is 0.777. The average molecular weight is 305 g/mol. The Morgan fingerprint density at radius 1 is 1.33 bits per heavy atom. The third-order valence-corrected chi connectivity index (χ3v) is 5.86. The zero-order chi connectivity index (χ0) is 15.1. The van der Waals surface area contributed by atoms with E-state index in [1.807, 2.05) is 30.3 Å². The minimum atomic E-state index is 0.250. The van der Waals surface area contributed by atoms with Gasteiger partial charge in [-0.25, -0.2) is 0 Å². The molecule has 1 aliphatic heterocycles. The van der Waals surface area contributed by atoms with Crippen LogP contribution in [0.4, 0.5) is 0 Å². The largest absolute Gasteiger partial charge is 0.295 e. The van der Waals surface area contributed by atoms with Gasteiger partial charge in [0.15, 0.2) is 5.78 Å². The van der Waals surface area contributed by atoms with Crippen molar-refractivity contribution in [1.82, 2.24) is 4.90 Å². The summed E-state index contributed by atoms with van der Waals surface area (Å²) in [6.45, 7) is 7.28. The first kappa shape index (κ1) is 16.6. The number of ketones is 1. The maximum Gasteiger partial charge on any atom is 0.176 e. The van der Waals surface area contributed by atoms with Crippen molar-refractivity contribution in [2.45, 2.75) is 38.4 Å². The number of benzene rings is 1. The molecule has 2 rings (SSSR count). The highest BCUT2D eigenvalue weighted by Crippen LogP contribution is 2.28. The Balaban J connectivity index is 1.78. The van der Waals surface area contributed by atoms with E-state index < -0.39 is 0 Å². The van der Waals surface area contributed by atoms with Gasteiger partial charge in [-0.2, -0.15) is 11.8 Å². The van der Waals surface area contributed by atoms with Gasteiger partial charge in [0.25, 0.3) is 0 Å². The molecular formula is C18H27NOS. The molecule has 0 radical (unpaired) electrons. The molecule has 1 fully saturated rings. The van der Waals surface area contributed by atoms with Gasteiger partial charge in [0.2, 0.25) is 0 Å². The molecular weight excluding hydrogens is 278 g/mol. The van der Waals surface area contributed by atoms with Crippen molar-refractivity contribution in [2.24, 2.45) is 5.92 Å². The highest BCUT2D eigenvalue weighted by Gasteiger charge is 2.27. The van der Waals surface area contributed by atoms with Crippen molar-refractivity contribution < 1.29 is 4.79 Å². The summed E-state index contributed by atoms with van der Waals surface area (Å²) in [5.41, 5.74) is 0.838. The number of nitrogens with zero attached hydrogens (tertiary/aromatic N) is 1. The molecule has 0 amide bonds. The van der Waals surface area contributed by atoms with Crippen LogP contribution in [0.25, 0.3) is 0 Å². The highest BCUT2D eigenvalue weighted by atomic mass is 32.2. The molecule has 0 N–H and O–H groups in total. The van der Waals surface area contributed by atoms with Crippen molar-refractivity contribution in [2.75, 3.05) is 25.4 Å². The minimum absolute atomic E-state index is 0.250. The molecule has 116 valence electrons. The van der Waals surface area contributed by atoms with Gasteiger partial charge >= 0.3 is 0 Å². The standard InChI is InChI=1S/C18H27NOS/c1-3-4-12-21-18-10-11-19(13-15(18)2)14-17(20)16-8-6-5-7-9-16/h5-9,15,18H,3-4,10-14H2,1-2H3. The molecule has 2 nitrogen and oxygen atoms in total. The van der Waals surface area contributed by atoms with E-state index in [-0.39, 0.29) is 5.78 Å². The molecule has 3 heteroatoms. The second-order valence-corrected chi connectivity index (χ2v) is 7.40. The Labute approximate surface area is 133 Å². The van der Waals surface area contributed by atoms with Gasteiger partial charge in [0.1, 0.15) is 0 Å². The van der Waals surface area contributed by atoms with E-state index in [9.17, 15) is 4.79 Å². The van der Waals surface area contributed by atoms with E-state index in [1.54, 1.807) is 0 Å². The van der Waals surface area contributed by atoms with Crippen LogP contribution in [-0.2, 0) is 0 Å². The topological polar surface area (TPSA) is 20.3 Å². The van der Waals surface area contributed by atoms with E-state index in [0.29, 0.717) is 12.5 Å². The van der Waals surface area contributed by atoms with Crippen LogP contribution < -0.4 is 0 Å². The zero-order valence-corrected chi connectivity index (χ0v) is 14.1. The molecule has 0 bridgehead atoms. The van der Waals surface area contributed by atoms with Crippen LogP contribution in [0.2, 0.25) is 0 Å². The van der Waals surface area contributed by atoms with Gasteiger partial charge < -0.3 is 0 Å². The number of likely N-dealkylation sites (tertiary alicyclic amines) is 1. The summed E-state index contributed by atoms with van der Waals surface area (Å²) in [6.07, 6.45) is 3.83. The summed E-state index contributed by atoms with van der Waals surface area (Å²) < 4.78 is 0. The maximum absolute atomic E-state index is 12.3. The number of unbranched alkanes of at least 4 members (excludes halogenated alkanes) is 1. The number of Topliss-reactive ketones (excluding diaryl/α,β-unsaturated/α-hetero) is 1. The smallest absolute Gasteiger partial charge is 0.176 e. The lowest BCUT2D eigenvalue weighted by Crippen LogP contribution is -2.43. The number of rotatable bonds is 7. The summed E-state index contributed by atoms with van der Waals surface area (Å²) in [6, 6.07) is 9.66. The first-order chi connectivity index (χ1) is 10.2. The molecule has 2 unspecified atom stereocenters. The normalized spacial score (nSPS) is 23.1. The lowest BCUT2D eigenvalue weighted by Gasteiger charge is -2.36. The first-order valence-corrected chi connectivity index (χ1v) is 9.17. The minimum Gasteiger partial charge on any atom is -0.295 e. The lowest BCUT2D eigenvalue weighted by molar-refractivity contribution is 0.0896. The average Bonchev–Trinajstić information content (AvgIpc) is 2.50.